The number of hydrogen-bond acceptors (Lipinski definition) is 9. The van der Waals surface area contributed by atoms with Crippen LogP contribution in [0.5, 0.6) is 0 Å². The lowest BCUT2D eigenvalue weighted by molar-refractivity contribution is -0.119. The summed E-state index contributed by atoms with van der Waals surface area (Å²) in [4.78, 5) is 41.2. The van der Waals surface area contributed by atoms with Gasteiger partial charge in [0.05, 0.1) is 29.2 Å². The Morgan fingerprint density at radius 1 is 1.12 bits per heavy atom. The van der Waals surface area contributed by atoms with E-state index in [0.717, 1.165) is 22.5 Å². The number of fused-ring (bicyclic) bond motifs is 2. The largest absolute Gasteiger partial charge is 0.443 e. The maximum Gasteiger partial charge on any atom is 0.414 e. The van der Waals surface area contributed by atoms with Crippen LogP contribution < -0.4 is 15.1 Å². The molecular formula is C38H50ClN7O4Si. The van der Waals surface area contributed by atoms with Crippen LogP contribution in [0.15, 0.2) is 36.5 Å². The lowest BCUT2D eigenvalue weighted by Gasteiger charge is -2.39. The summed E-state index contributed by atoms with van der Waals surface area (Å²) in [6.07, 6.45) is 1.82. The number of amides is 2. The Kier molecular flexibility index (Phi) is 10.4. The minimum Gasteiger partial charge on any atom is -0.443 e. The molecule has 0 unspecified atom stereocenters. The van der Waals surface area contributed by atoms with Crippen LogP contribution in [0.1, 0.15) is 65.2 Å². The lowest BCUT2D eigenvalue weighted by Crippen LogP contribution is -2.46. The number of nitrogens with one attached hydrogen (secondary N) is 1. The zero-order valence-electron chi connectivity index (χ0n) is 31.7. The number of carbonyl (C=O) groups excluding carboxylic acids is 2. The van der Waals surface area contributed by atoms with Crippen molar-refractivity contribution < 1.29 is 18.8 Å². The molecular weight excluding hydrogens is 682 g/mol. The maximum absolute atomic E-state index is 13.6. The Bertz CT molecular complexity index is 1900. The zero-order chi connectivity index (χ0) is 37.7. The second-order valence-electron chi connectivity index (χ2n) is 16.6. The number of likely N-dealkylation sites (N-methyl/N-ethyl adjacent to an activating group) is 1. The number of halogens is 1. The summed E-state index contributed by atoms with van der Waals surface area (Å²) in [5, 5.41) is 14.3. The quantitative estimate of drug-likeness (QED) is 0.230. The number of nitrogens with zero attached hydrogens (tertiary/aromatic N) is 6. The molecule has 0 fully saturated rings. The van der Waals surface area contributed by atoms with E-state index in [4.69, 9.17) is 25.7 Å². The van der Waals surface area contributed by atoms with Crippen molar-refractivity contribution in [2.75, 3.05) is 55.5 Å². The summed E-state index contributed by atoms with van der Waals surface area (Å²) in [7, 11) is 1.57. The van der Waals surface area contributed by atoms with Crippen LogP contribution in [-0.4, -0.2) is 81.1 Å². The molecule has 0 saturated heterocycles. The van der Waals surface area contributed by atoms with Crippen LogP contribution in [-0.2, 0) is 25.8 Å². The minimum absolute atomic E-state index is 0.00191. The highest BCUT2D eigenvalue weighted by atomic mass is 35.5. The molecule has 272 valence electrons. The minimum atomic E-state index is -2.16. The number of aromatic nitrogens is 2. The fourth-order valence-electron chi connectivity index (χ4n) is 6.18. The first-order chi connectivity index (χ1) is 23.6. The molecule has 2 aliphatic heterocycles. The van der Waals surface area contributed by atoms with Crippen molar-refractivity contribution in [2.45, 2.75) is 84.0 Å². The molecule has 13 heteroatoms. The van der Waals surface area contributed by atoms with Crippen molar-refractivity contribution in [1.82, 2.24) is 14.9 Å². The Balaban J connectivity index is 1.54. The van der Waals surface area contributed by atoms with E-state index in [-0.39, 0.29) is 10.9 Å². The van der Waals surface area contributed by atoms with Gasteiger partial charge in [-0.3, -0.25) is 9.69 Å². The standard InChI is InChI=1S/C38H50ClN7O4Si/c1-36(2,3)50-35(48)46-22-38(7,23-49-51(10,11)37(4,5)6)28-17-24(16-25(20-40)33(28)46)29-12-14-41-34(42-29)43-30-18-26(39)19-31-27(30)13-15-45(31)32(47)21-44(8)9/h12,14,16-19H,13,15,21-23H2,1-11H3,(H,41,42,43)/t38-/m1/s1. The monoisotopic (exact) mass is 731 g/mol. The molecule has 5 rings (SSSR count). The normalized spacial score (nSPS) is 17.3. The van der Waals surface area contributed by atoms with Crippen molar-refractivity contribution in [2.24, 2.45) is 0 Å². The highest BCUT2D eigenvalue weighted by Crippen LogP contribution is 2.47. The Hall–Kier alpha value is -4.02. The molecule has 0 saturated carbocycles. The summed E-state index contributed by atoms with van der Waals surface area (Å²) in [5.74, 6) is 0.343. The first-order valence-corrected chi connectivity index (χ1v) is 20.5. The highest BCUT2D eigenvalue weighted by molar-refractivity contribution is 6.74. The van der Waals surface area contributed by atoms with E-state index in [0.29, 0.717) is 66.1 Å². The number of carbonyl (C=O) groups is 2. The van der Waals surface area contributed by atoms with Gasteiger partial charge in [-0.2, -0.15) is 5.26 Å². The second kappa shape index (κ2) is 13.8. The van der Waals surface area contributed by atoms with E-state index < -0.39 is 25.4 Å². The van der Waals surface area contributed by atoms with E-state index in [1.807, 2.05) is 58.0 Å². The van der Waals surface area contributed by atoms with Crippen LogP contribution in [0.3, 0.4) is 0 Å². The van der Waals surface area contributed by atoms with Crippen molar-refractivity contribution >= 4 is 54.9 Å². The van der Waals surface area contributed by atoms with Crippen molar-refractivity contribution in [3.05, 3.63) is 58.2 Å². The van der Waals surface area contributed by atoms with Crippen LogP contribution in [0, 0.1) is 11.3 Å². The second-order valence-corrected chi connectivity index (χ2v) is 21.8. The molecule has 51 heavy (non-hydrogen) atoms. The third-order valence-electron chi connectivity index (χ3n) is 9.85. The van der Waals surface area contributed by atoms with Gasteiger partial charge in [-0.05, 0) is 95.3 Å². The molecule has 11 nitrogen and oxygen atoms in total. The van der Waals surface area contributed by atoms with Gasteiger partial charge in [-0.25, -0.2) is 14.8 Å². The van der Waals surface area contributed by atoms with Gasteiger partial charge in [-0.1, -0.05) is 39.3 Å². The molecule has 1 N–H and O–H groups in total. The molecule has 1 atom stereocenters. The Morgan fingerprint density at radius 2 is 1.82 bits per heavy atom. The third kappa shape index (κ3) is 8.07. The summed E-state index contributed by atoms with van der Waals surface area (Å²) in [6.45, 7) is 20.1. The summed E-state index contributed by atoms with van der Waals surface area (Å²) < 4.78 is 12.6. The molecule has 0 aliphatic carbocycles. The maximum atomic E-state index is 13.6. The van der Waals surface area contributed by atoms with E-state index in [2.05, 4.69) is 57.2 Å². The van der Waals surface area contributed by atoms with E-state index in [1.165, 1.54) is 0 Å². The van der Waals surface area contributed by atoms with Crippen molar-refractivity contribution in [1.29, 1.82) is 5.26 Å². The topological polar surface area (TPSA) is 124 Å². The molecule has 3 heterocycles. The average Bonchev–Trinajstić information content (AvgIpc) is 3.58. The predicted molar refractivity (Wildman–Crippen MR) is 206 cm³/mol. The van der Waals surface area contributed by atoms with Gasteiger partial charge in [0.1, 0.15) is 11.7 Å². The number of nitriles is 1. The first kappa shape index (κ1) is 38.2. The number of hydrogen-bond donors (Lipinski definition) is 1. The fourth-order valence-corrected chi connectivity index (χ4v) is 7.51. The van der Waals surface area contributed by atoms with Gasteiger partial charge < -0.3 is 24.3 Å². The summed E-state index contributed by atoms with van der Waals surface area (Å²) >= 11 is 6.56. The number of ether oxygens (including phenoxy) is 1. The van der Waals surface area contributed by atoms with Crippen LogP contribution in [0.25, 0.3) is 11.3 Å². The molecule has 3 aromatic rings. The van der Waals surface area contributed by atoms with Gasteiger partial charge in [0.25, 0.3) is 0 Å². The summed E-state index contributed by atoms with van der Waals surface area (Å²) in [5.41, 5.74) is 4.12. The molecule has 2 aliphatic rings. The smallest absolute Gasteiger partial charge is 0.414 e. The fraction of sp³-hybridized carbons (Fsp3) is 0.500. The number of rotatable bonds is 8. The third-order valence-corrected chi connectivity index (χ3v) is 14.5. The molecule has 0 bridgehead atoms. The number of anilines is 4. The Labute approximate surface area is 308 Å². The molecule has 0 spiro atoms. The van der Waals surface area contributed by atoms with Crippen molar-refractivity contribution in [3.63, 3.8) is 0 Å². The molecule has 1 aromatic heterocycles. The number of benzene rings is 2. The molecule has 2 amide bonds. The zero-order valence-corrected chi connectivity index (χ0v) is 33.4. The highest BCUT2D eigenvalue weighted by Gasteiger charge is 2.47. The predicted octanol–water partition coefficient (Wildman–Crippen LogP) is 7.90. The van der Waals surface area contributed by atoms with Crippen molar-refractivity contribution in [3.8, 4) is 17.3 Å². The van der Waals surface area contributed by atoms with Gasteiger partial charge in [0.2, 0.25) is 11.9 Å². The van der Waals surface area contributed by atoms with Gasteiger partial charge in [0, 0.05) is 53.1 Å². The van der Waals surface area contributed by atoms with E-state index in [1.54, 1.807) is 28.1 Å². The average molecular weight is 732 g/mol. The van der Waals surface area contributed by atoms with Gasteiger partial charge in [0.15, 0.2) is 8.32 Å². The molecule has 0 radical (unpaired) electrons. The SMILES string of the molecule is CN(C)CC(=O)N1CCc2c(Nc3nccc(-c4cc(C#N)c5c(c4)[C@@](C)(CO[Si](C)(C)C(C)(C)C)CN5C(=O)OC(C)(C)C)n3)cc(Cl)cc21. The van der Waals surface area contributed by atoms with Crippen LogP contribution in [0.4, 0.5) is 27.8 Å². The van der Waals surface area contributed by atoms with Crippen LogP contribution >= 0.6 is 11.6 Å². The first-order valence-electron chi connectivity index (χ1n) is 17.2. The van der Waals surface area contributed by atoms with E-state index in [9.17, 15) is 14.9 Å². The van der Waals surface area contributed by atoms with Gasteiger partial charge in [-0.15, -0.1) is 0 Å². The summed E-state index contributed by atoms with van der Waals surface area (Å²) in [6, 6.07) is 11.5. The lowest BCUT2D eigenvalue weighted by atomic mass is 9.83. The van der Waals surface area contributed by atoms with E-state index >= 15 is 0 Å². The van der Waals surface area contributed by atoms with Gasteiger partial charge >= 0.3 is 6.09 Å². The Morgan fingerprint density at radius 3 is 2.45 bits per heavy atom. The van der Waals surface area contributed by atoms with Crippen LogP contribution in [0.2, 0.25) is 23.2 Å². The molecule has 2 aromatic carbocycles.